The van der Waals surface area contributed by atoms with Crippen LogP contribution >= 0.6 is 11.8 Å². The third-order valence-corrected chi connectivity index (χ3v) is 8.72. The lowest BCUT2D eigenvalue weighted by Crippen LogP contribution is -2.58. The first-order valence-electron chi connectivity index (χ1n) is 12.0. The van der Waals surface area contributed by atoms with Crippen molar-refractivity contribution < 1.29 is 23.4 Å². The van der Waals surface area contributed by atoms with Crippen molar-refractivity contribution in [2.24, 2.45) is 0 Å². The number of aromatic nitrogens is 1. The zero-order chi connectivity index (χ0) is 25.5. The summed E-state index contributed by atoms with van der Waals surface area (Å²) in [5.74, 6) is -2.64. The van der Waals surface area contributed by atoms with Gasteiger partial charge in [-0.2, -0.15) is 0 Å². The van der Waals surface area contributed by atoms with E-state index >= 15 is 4.39 Å². The van der Waals surface area contributed by atoms with E-state index in [1.807, 2.05) is 35.4 Å². The van der Waals surface area contributed by atoms with Gasteiger partial charge in [0.2, 0.25) is 5.43 Å². The Morgan fingerprint density at radius 3 is 2.76 bits per heavy atom. The molecule has 4 heterocycles. The Morgan fingerprint density at radius 1 is 1.14 bits per heavy atom. The first kappa shape index (κ1) is 22.4. The molecule has 1 aromatic heterocycles. The van der Waals surface area contributed by atoms with Crippen molar-refractivity contribution in [3.05, 3.63) is 99.0 Å². The van der Waals surface area contributed by atoms with Crippen LogP contribution < -0.4 is 15.2 Å². The molecule has 2 bridgehead atoms. The Morgan fingerprint density at radius 2 is 1.95 bits per heavy atom. The van der Waals surface area contributed by atoms with Crippen LogP contribution in [0.4, 0.5) is 8.78 Å². The van der Waals surface area contributed by atoms with Crippen LogP contribution in [0.25, 0.3) is 0 Å². The molecule has 1 fully saturated rings. The minimum Gasteiger partial charge on any atom is -0.502 e. The normalized spacial score (nSPS) is 21.7. The molecule has 37 heavy (non-hydrogen) atoms. The van der Waals surface area contributed by atoms with Crippen LogP contribution in [0.15, 0.2) is 64.4 Å². The zero-order valence-electron chi connectivity index (χ0n) is 19.5. The van der Waals surface area contributed by atoms with E-state index in [4.69, 9.17) is 4.74 Å². The van der Waals surface area contributed by atoms with E-state index in [1.165, 1.54) is 28.7 Å². The van der Waals surface area contributed by atoms with E-state index in [0.717, 1.165) is 16.5 Å². The standard InChI is InChI=1S/C27H21F2N3O4S/c28-17-12-19-21-16(22(17)29)13-37-20-5-2-1-4-15(20)23(21)32-14-30(27(8-9-27)7-3-11-36-19)26(35)24-25(34)18(33)6-10-31(24)32/h1-7,10,12,23,34H,8-9,11,13-14H2/b7-3+/t23-/m1/s1. The number of hydrogen-bond acceptors (Lipinski definition) is 6. The maximum Gasteiger partial charge on any atom is 0.278 e. The highest BCUT2D eigenvalue weighted by atomic mass is 32.2. The molecule has 0 unspecified atom stereocenters. The van der Waals surface area contributed by atoms with E-state index in [0.29, 0.717) is 18.4 Å². The summed E-state index contributed by atoms with van der Waals surface area (Å²) in [6.45, 7) is 0.207. The summed E-state index contributed by atoms with van der Waals surface area (Å²) in [5.41, 5.74) is 0.0319. The van der Waals surface area contributed by atoms with Gasteiger partial charge in [-0.3, -0.25) is 19.3 Å². The minimum atomic E-state index is -0.992. The molecular formula is C27H21F2N3O4S. The lowest BCUT2D eigenvalue weighted by atomic mass is 9.92. The third kappa shape index (κ3) is 3.18. The predicted octanol–water partition coefficient (Wildman–Crippen LogP) is 4.06. The lowest BCUT2D eigenvalue weighted by molar-refractivity contribution is 0.0605. The van der Waals surface area contributed by atoms with Crippen molar-refractivity contribution in [3.63, 3.8) is 0 Å². The number of aromatic hydroxyl groups is 1. The van der Waals surface area contributed by atoms with Crippen LogP contribution in [0.2, 0.25) is 0 Å². The summed E-state index contributed by atoms with van der Waals surface area (Å²) in [7, 11) is 0. The van der Waals surface area contributed by atoms with Gasteiger partial charge in [0.15, 0.2) is 23.1 Å². The summed E-state index contributed by atoms with van der Waals surface area (Å²) >= 11 is 1.40. The van der Waals surface area contributed by atoms with Gasteiger partial charge in [0.1, 0.15) is 25.1 Å². The van der Waals surface area contributed by atoms with E-state index in [9.17, 15) is 19.1 Å². The summed E-state index contributed by atoms with van der Waals surface area (Å²) in [6, 6.07) is 9.16. The van der Waals surface area contributed by atoms with Gasteiger partial charge in [-0.1, -0.05) is 24.3 Å². The quantitative estimate of drug-likeness (QED) is 0.450. The lowest BCUT2D eigenvalue weighted by Gasteiger charge is -2.46. The molecule has 7 nitrogen and oxygen atoms in total. The molecule has 1 spiro atoms. The average Bonchev–Trinajstić information content (AvgIpc) is 3.70. The Labute approximate surface area is 214 Å². The van der Waals surface area contributed by atoms with Gasteiger partial charge in [-0.15, -0.1) is 11.8 Å². The number of benzene rings is 2. The van der Waals surface area contributed by atoms with E-state index in [2.05, 4.69) is 0 Å². The molecule has 0 radical (unpaired) electrons. The molecule has 1 N–H and O–H groups in total. The Bertz CT molecular complexity index is 1580. The van der Waals surface area contributed by atoms with Crippen molar-refractivity contribution in [1.82, 2.24) is 9.58 Å². The molecule has 1 aliphatic carbocycles. The van der Waals surface area contributed by atoms with E-state index in [1.54, 1.807) is 11.0 Å². The Kier molecular flexibility index (Phi) is 4.76. The zero-order valence-corrected chi connectivity index (χ0v) is 20.3. The highest BCUT2D eigenvalue weighted by Gasteiger charge is 2.53. The van der Waals surface area contributed by atoms with Crippen LogP contribution in [0, 0.1) is 11.6 Å². The molecule has 2 aromatic carbocycles. The van der Waals surface area contributed by atoms with Gasteiger partial charge >= 0.3 is 0 Å². The summed E-state index contributed by atoms with van der Waals surface area (Å²) in [5, 5.41) is 12.6. The number of nitrogens with zero attached hydrogens (tertiary/aromatic N) is 3. The van der Waals surface area contributed by atoms with Crippen LogP contribution in [0.5, 0.6) is 11.5 Å². The number of halogens is 2. The monoisotopic (exact) mass is 521 g/mol. The Hall–Kier alpha value is -3.79. The van der Waals surface area contributed by atoms with Gasteiger partial charge in [0.05, 0.1) is 5.54 Å². The smallest absolute Gasteiger partial charge is 0.278 e. The van der Waals surface area contributed by atoms with Crippen molar-refractivity contribution >= 4 is 17.7 Å². The first-order chi connectivity index (χ1) is 17.9. The van der Waals surface area contributed by atoms with E-state index < -0.39 is 40.3 Å². The summed E-state index contributed by atoms with van der Waals surface area (Å²) < 4.78 is 37.7. The molecule has 188 valence electrons. The van der Waals surface area contributed by atoms with Crippen LogP contribution in [-0.2, 0) is 5.75 Å². The van der Waals surface area contributed by atoms with Crippen LogP contribution in [-0.4, -0.2) is 39.4 Å². The van der Waals surface area contributed by atoms with Gasteiger partial charge in [0.25, 0.3) is 5.91 Å². The number of carbonyl (C=O) groups is 1. The van der Waals surface area contributed by atoms with Gasteiger partial charge in [-0.25, -0.2) is 8.78 Å². The van der Waals surface area contributed by atoms with Gasteiger partial charge in [-0.05, 0) is 30.5 Å². The fraction of sp³-hybridized carbons (Fsp3) is 0.259. The second-order valence-corrected chi connectivity index (χ2v) is 10.7. The summed E-state index contributed by atoms with van der Waals surface area (Å²) in [6.07, 6.45) is 6.54. The van der Waals surface area contributed by atoms with Crippen molar-refractivity contribution in [1.29, 1.82) is 0 Å². The first-order valence-corrected chi connectivity index (χ1v) is 12.9. The molecular weight excluding hydrogens is 500 g/mol. The number of carbonyl (C=O) groups excluding carboxylic acids is 1. The third-order valence-electron chi connectivity index (χ3n) is 7.61. The van der Waals surface area contributed by atoms with Crippen LogP contribution in [0.1, 0.15) is 46.1 Å². The second kappa shape index (κ2) is 7.85. The molecule has 3 aromatic rings. The van der Waals surface area contributed by atoms with Gasteiger partial charge in [0, 0.05) is 40.1 Å². The molecule has 4 aliphatic rings. The molecule has 1 amide bonds. The maximum absolute atomic E-state index is 15.4. The molecule has 0 saturated heterocycles. The fourth-order valence-electron chi connectivity index (χ4n) is 5.63. The number of fused-ring (bicyclic) bond motifs is 8. The van der Waals surface area contributed by atoms with Crippen molar-refractivity contribution in [2.45, 2.75) is 35.1 Å². The molecule has 7 rings (SSSR count). The second-order valence-electron chi connectivity index (χ2n) is 9.64. The Balaban J connectivity index is 1.58. The topological polar surface area (TPSA) is 75.0 Å². The summed E-state index contributed by atoms with van der Waals surface area (Å²) in [4.78, 5) is 28.7. The SMILES string of the molecule is O=C1c2c(O)c(=O)ccn2N2CN1C1(/C=C/COc3cc(F)c(F)c4c3[C@H]2c2ccccc2SC4)CC1. The largest absolute Gasteiger partial charge is 0.502 e. The highest BCUT2D eigenvalue weighted by Crippen LogP contribution is 2.50. The maximum atomic E-state index is 15.4. The van der Waals surface area contributed by atoms with Crippen molar-refractivity contribution in [2.75, 3.05) is 18.3 Å². The number of hydrogen-bond donors (Lipinski definition) is 1. The molecule has 1 atom stereocenters. The molecule has 10 heteroatoms. The highest BCUT2D eigenvalue weighted by molar-refractivity contribution is 7.98. The number of ether oxygens (including phenoxy) is 1. The minimum absolute atomic E-state index is 0.0972. The predicted molar refractivity (Wildman–Crippen MR) is 132 cm³/mol. The van der Waals surface area contributed by atoms with Crippen molar-refractivity contribution in [3.8, 4) is 11.5 Å². The number of thioether (sulfide) groups is 1. The van der Waals surface area contributed by atoms with E-state index in [-0.39, 0.29) is 36.0 Å². The number of amides is 1. The number of pyridine rings is 1. The average molecular weight is 522 g/mol. The van der Waals surface area contributed by atoms with Gasteiger partial charge < -0.3 is 14.7 Å². The molecule has 1 saturated carbocycles. The molecule has 3 aliphatic heterocycles. The number of rotatable bonds is 0. The van der Waals surface area contributed by atoms with Crippen LogP contribution in [0.3, 0.4) is 0 Å². The fourth-order valence-corrected chi connectivity index (χ4v) is 6.73.